The van der Waals surface area contributed by atoms with E-state index in [0.717, 1.165) is 6.42 Å². The highest BCUT2D eigenvalue weighted by atomic mass is 14.0. The van der Waals surface area contributed by atoms with E-state index in [1.165, 1.54) is 16.7 Å². The highest BCUT2D eigenvalue weighted by Gasteiger charge is 1.92. The van der Waals surface area contributed by atoms with Crippen molar-refractivity contribution >= 4 is 6.08 Å². The summed E-state index contributed by atoms with van der Waals surface area (Å²) in [7, 11) is 0. The third kappa shape index (κ3) is 2.83. The number of hydrogen-bond acceptors (Lipinski definition) is 0. The first-order chi connectivity index (χ1) is 7.86. The summed E-state index contributed by atoms with van der Waals surface area (Å²) in [5, 5.41) is 0. The summed E-state index contributed by atoms with van der Waals surface area (Å²) in [6, 6.07) is 18.9. The third-order valence-electron chi connectivity index (χ3n) is 2.71. The lowest BCUT2D eigenvalue weighted by Crippen LogP contribution is -1.85. The molecule has 0 saturated carbocycles. The van der Waals surface area contributed by atoms with Gasteiger partial charge in [0.15, 0.2) is 0 Å². The molecule has 0 unspecified atom stereocenters. The second-order valence-electron chi connectivity index (χ2n) is 3.94. The molecule has 0 bridgehead atoms. The molecule has 0 spiro atoms. The Morgan fingerprint density at radius 1 is 0.875 bits per heavy atom. The second kappa shape index (κ2) is 5.32. The molecule has 2 rings (SSSR count). The maximum absolute atomic E-state index is 2.22. The normalized spacial score (nSPS) is 10.8. The smallest absolute Gasteiger partial charge is 0.00915 e. The van der Waals surface area contributed by atoms with Gasteiger partial charge in [-0.3, -0.25) is 0 Å². The molecule has 2 aromatic carbocycles. The fourth-order valence-electron chi connectivity index (χ4n) is 1.73. The van der Waals surface area contributed by atoms with E-state index < -0.39 is 0 Å². The molecule has 0 aromatic heterocycles. The van der Waals surface area contributed by atoms with Crippen molar-refractivity contribution in [2.24, 2.45) is 0 Å². The fraction of sp³-hybridized carbons (Fsp3) is 0.125. The highest BCUT2D eigenvalue weighted by Crippen LogP contribution is 2.09. The molecule has 0 aliphatic heterocycles. The van der Waals surface area contributed by atoms with Crippen LogP contribution in [0.25, 0.3) is 6.08 Å². The van der Waals surface area contributed by atoms with Crippen LogP contribution in [0.2, 0.25) is 0 Å². The average Bonchev–Trinajstić information content (AvgIpc) is 2.33. The van der Waals surface area contributed by atoms with Crippen LogP contribution < -0.4 is 0 Å². The van der Waals surface area contributed by atoms with Crippen LogP contribution in [0.15, 0.2) is 60.7 Å². The zero-order valence-electron chi connectivity index (χ0n) is 9.56. The van der Waals surface area contributed by atoms with Gasteiger partial charge in [0.05, 0.1) is 0 Å². The Morgan fingerprint density at radius 2 is 1.56 bits per heavy atom. The summed E-state index contributed by atoms with van der Waals surface area (Å²) < 4.78 is 0. The van der Waals surface area contributed by atoms with Gasteiger partial charge in [-0.15, -0.1) is 0 Å². The van der Waals surface area contributed by atoms with Gasteiger partial charge in [-0.1, -0.05) is 66.7 Å². The topological polar surface area (TPSA) is 0 Å². The van der Waals surface area contributed by atoms with Gasteiger partial charge in [-0.2, -0.15) is 0 Å². The Bertz CT molecular complexity index is 466. The molecule has 0 atom stereocenters. The van der Waals surface area contributed by atoms with Crippen LogP contribution >= 0.6 is 0 Å². The van der Waals surface area contributed by atoms with Crippen molar-refractivity contribution in [3.63, 3.8) is 0 Å². The van der Waals surface area contributed by atoms with Crippen LogP contribution in [0.3, 0.4) is 0 Å². The zero-order chi connectivity index (χ0) is 11.2. The van der Waals surface area contributed by atoms with Crippen molar-refractivity contribution in [1.82, 2.24) is 0 Å². The Hall–Kier alpha value is -1.82. The first-order valence-electron chi connectivity index (χ1n) is 5.62. The van der Waals surface area contributed by atoms with E-state index in [1.54, 1.807) is 0 Å². The van der Waals surface area contributed by atoms with Gasteiger partial charge in [0, 0.05) is 0 Å². The van der Waals surface area contributed by atoms with E-state index in [9.17, 15) is 0 Å². The maximum Gasteiger partial charge on any atom is -0.00915 e. The van der Waals surface area contributed by atoms with Crippen LogP contribution in [-0.2, 0) is 6.42 Å². The summed E-state index contributed by atoms with van der Waals surface area (Å²) >= 11 is 0. The molecule has 0 aliphatic carbocycles. The maximum atomic E-state index is 2.22. The lowest BCUT2D eigenvalue weighted by atomic mass is 10.1. The summed E-state index contributed by atoms with van der Waals surface area (Å²) in [5.41, 5.74) is 4.02. The van der Waals surface area contributed by atoms with E-state index in [-0.39, 0.29) is 0 Å². The standard InChI is InChI=1S/C16H16/c1-14-8-5-6-12-16(14)13-7-11-15-9-3-2-4-10-15/h2-12H,13H2,1H3. The van der Waals surface area contributed by atoms with Crippen LogP contribution in [0.1, 0.15) is 16.7 Å². The van der Waals surface area contributed by atoms with E-state index >= 15 is 0 Å². The van der Waals surface area contributed by atoms with Crippen LogP contribution in [0, 0.1) is 6.92 Å². The Morgan fingerprint density at radius 3 is 2.31 bits per heavy atom. The lowest BCUT2D eigenvalue weighted by molar-refractivity contribution is 1.22. The van der Waals surface area contributed by atoms with E-state index in [4.69, 9.17) is 0 Å². The third-order valence-corrected chi connectivity index (χ3v) is 2.71. The number of rotatable bonds is 3. The lowest BCUT2D eigenvalue weighted by Gasteiger charge is -2.00. The molecule has 0 heteroatoms. The van der Waals surface area contributed by atoms with Gasteiger partial charge < -0.3 is 0 Å². The average molecular weight is 208 g/mol. The minimum Gasteiger partial charge on any atom is -0.0795 e. The largest absolute Gasteiger partial charge is 0.0795 e. The monoisotopic (exact) mass is 208 g/mol. The predicted molar refractivity (Wildman–Crippen MR) is 70.4 cm³/mol. The molecule has 0 aliphatic rings. The summed E-state index contributed by atoms with van der Waals surface area (Å²) in [5.74, 6) is 0. The van der Waals surface area contributed by atoms with Crippen LogP contribution in [0.5, 0.6) is 0 Å². The SMILES string of the molecule is Cc1ccccc1CC=Cc1ccccc1. The Kier molecular flexibility index (Phi) is 3.55. The number of allylic oxidation sites excluding steroid dienone is 1. The first kappa shape index (κ1) is 10.7. The molecule has 16 heavy (non-hydrogen) atoms. The minimum absolute atomic E-state index is 1.00. The fourth-order valence-corrected chi connectivity index (χ4v) is 1.73. The van der Waals surface area contributed by atoms with Crippen LogP contribution in [-0.4, -0.2) is 0 Å². The quantitative estimate of drug-likeness (QED) is 0.707. The van der Waals surface area contributed by atoms with Crippen molar-refractivity contribution < 1.29 is 0 Å². The van der Waals surface area contributed by atoms with Gasteiger partial charge in [-0.05, 0) is 30.0 Å². The molecular weight excluding hydrogens is 192 g/mol. The number of hydrogen-bond donors (Lipinski definition) is 0. The number of benzene rings is 2. The Labute approximate surface area is 97.3 Å². The van der Waals surface area contributed by atoms with Gasteiger partial charge in [-0.25, -0.2) is 0 Å². The molecule has 0 heterocycles. The molecular formula is C16H16. The molecule has 0 amide bonds. The summed E-state index contributed by atoms with van der Waals surface area (Å²) in [6.45, 7) is 2.16. The van der Waals surface area contributed by atoms with Crippen molar-refractivity contribution in [1.29, 1.82) is 0 Å². The van der Waals surface area contributed by atoms with Crippen molar-refractivity contribution in [3.05, 3.63) is 77.4 Å². The van der Waals surface area contributed by atoms with E-state index in [1.807, 2.05) is 6.07 Å². The molecule has 2 aromatic rings. The van der Waals surface area contributed by atoms with Gasteiger partial charge in [0.25, 0.3) is 0 Å². The first-order valence-corrected chi connectivity index (χ1v) is 5.62. The molecule has 80 valence electrons. The van der Waals surface area contributed by atoms with E-state index in [0.29, 0.717) is 0 Å². The second-order valence-corrected chi connectivity index (χ2v) is 3.94. The summed E-state index contributed by atoms with van der Waals surface area (Å²) in [4.78, 5) is 0. The van der Waals surface area contributed by atoms with Crippen molar-refractivity contribution in [2.75, 3.05) is 0 Å². The zero-order valence-corrected chi connectivity index (χ0v) is 9.56. The van der Waals surface area contributed by atoms with Crippen molar-refractivity contribution in [3.8, 4) is 0 Å². The molecule has 0 saturated heterocycles. The molecule has 0 fully saturated rings. The highest BCUT2D eigenvalue weighted by molar-refractivity contribution is 5.49. The summed E-state index contributed by atoms with van der Waals surface area (Å²) in [6.07, 6.45) is 5.39. The molecule has 0 N–H and O–H groups in total. The number of aryl methyl sites for hydroxylation is 1. The van der Waals surface area contributed by atoms with Crippen LogP contribution in [0.4, 0.5) is 0 Å². The predicted octanol–water partition coefficient (Wildman–Crippen LogP) is 4.25. The minimum atomic E-state index is 1.00. The van der Waals surface area contributed by atoms with Gasteiger partial charge in [0.1, 0.15) is 0 Å². The molecule has 0 radical (unpaired) electrons. The Balaban J connectivity index is 2.03. The van der Waals surface area contributed by atoms with E-state index in [2.05, 4.69) is 67.6 Å². The van der Waals surface area contributed by atoms with Gasteiger partial charge in [0.2, 0.25) is 0 Å². The van der Waals surface area contributed by atoms with Crippen molar-refractivity contribution in [2.45, 2.75) is 13.3 Å². The van der Waals surface area contributed by atoms with Gasteiger partial charge >= 0.3 is 0 Å². The molecule has 0 nitrogen and oxygen atoms in total.